The second-order valence-electron chi connectivity index (χ2n) is 8.95. The van der Waals surface area contributed by atoms with Gasteiger partial charge in [0.1, 0.15) is 5.60 Å². The second-order valence-corrected chi connectivity index (χ2v) is 8.95. The number of rotatable bonds is 14. The monoisotopic (exact) mass is 499 g/mol. The Morgan fingerprint density at radius 3 is 1.69 bits per heavy atom. The van der Waals surface area contributed by atoms with E-state index in [1.807, 2.05) is 60.7 Å². The molecule has 0 aliphatic carbocycles. The SMILES string of the molecule is CCN(CC)CC(COCCC(C)C)C(O)(c1ccccc1)c1ccccc1.O=C(O)C=CC(=O)O. The van der Waals surface area contributed by atoms with Crippen molar-refractivity contribution >= 4 is 11.9 Å². The Kier molecular flexibility index (Phi) is 14.3. The zero-order chi connectivity index (χ0) is 27.0. The average Bonchev–Trinajstić information content (AvgIpc) is 2.88. The van der Waals surface area contributed by atoms with Crippen molar-refractivity contribution in [2.75, 3.05) is 32.8 Å². The van der Waals surface area contributed by atoms with Gasteiger partial charge in [0.05, 0.1) is 6.61 Å². The van der Waals surface area contributed by atoms with Crippen LogP contribution in [0.4, 0.5) is 0 Å². The quantitative estimate of drug-likeness (QED) is 0.256. The highest BCUT2D eigenvalue weighted by atomic mass is 16.5. The van der Waals surface area contributed by atoms with Gasteiger partial charge in [-0.15, -0.1) is 0 Å². The molecule has 0 heterocycles. The molecular formula is C29H41NO6. The minimum absolute atomic E-state index is 0.0654. The Morgan fingerprint density at radius 2 is 1.33 bits per heavy atom. The molecule has 0 radical (unpaired) electrons. The zero-order valence-electron chi connectivity index (χ0n) is 21.8. The number of nitrogens with zero attached hydrogens (tertiary/aromatic N) is 1. The first-order valence-corrected chi connectivity index (χ1v) is 12.4. The van der Waals surface area contributed by atoms with Crippen LogP contribution in [0.2, 0.25) is 0 Å². The van der Waals surface area contributed by atoms with E-state index in [0.717, 1.165) is 43.8 Å². The summed E-state index contributed by atoms with van der Waals surface area (Å²) in [4.78, 5) is 21.5. The lowest BCUT2D eigenvalue weighted by Crippen LogP contribution is -2.45. The van der Waals surface area contributed by atoms with Crippen LogP contribution in [0.25, 0.3) is 0 Å². The molecule has 0 spiro atoms. The molecule has 1 atom stereocenters. The second kappa shape index (κ2) is 16.6. The summed E-state index contributed by atoms with van der Waals surface area (Å²) >= 11 is 0. The fourth-order valence-electron chi connectivity index (χ4n) is 3.81. The zero-order valence-corrected chi connectivity index (χ0v) is 21.8. The molecule has 0 amide bonds. The smallest absolute Gasteiger partial charge is 0.328 e. The summed E-state index contributed by atoms with van der Waals surface area (Å²) in [5, 5.41) is 27.8. The Hall–Kier alpha value is -3.00. The lowest BCUT2D eigenvalue weighted by molar-refractivity contribution is -0.134. The summed E-state index contributed by atoms with van der Waals surface area (Å²) in [5.41, 5.74) is 0.750. The summed E-state index contributed by atoms with van der Waals surface area (Å²) in [6, 6.07) is 20.1. The molecule has 0 bridgehead atoms. The fraction of sp³-hybridized carbons (Fsp3) is 0.448. The van der Waals surface area contributed by atoms with Gasteiger partial charge in [-0.25, -0.2) is 9.59 Å². The van der Waals surface area contributed by atoms with Crippen LogP contribution < -0.4 is 0 Å². The van der Waals surface area contributed by atoms with Gasteiger partial charge in [0, 0.05) is 31.2 Å². The van der Waals surface area contributed by atoms with Crippen molar-refractivity contribution < 1.29 is 29.6 Å². The number of benzene rings is 2. The molecule has 36 heavy (non-hydrogen) atoms. The standard InChI is InChI=1S/C25H37NO2.C4H4O4/c1-5-26(6-2)19-24(20-28-18-17-21(3)4)25(27,22-13-9-7-10-14-22)23-15-11-8-12-16-23;5-3(6)1-2-4(7)8/h7-16,21,24,27H,5-6,17-20H2,1-4H3;1-2H,(H,5,6)(H,7,8). The van der Waals surface area contributed by atoms with Crippen LogP contribution >= 0.6 is 0 Å². The average molecular weight is 500 g/mol. The van der Waals surface area contributed by atoms with Gasteiger partial charge in [0.15, 0.2) is 0 Å². The summed E-state index contributed by atoms with van der Waals surface area (Å²) in [7, 11) is 0. The molecule has 2 rings (SSSR count). The summed E-state index contributed by atoms with van der Waals surface area (Å²) < 4.78 is 6.10. The van der Waals surface area contributed by atoms with Crippen molar-refractivity contribution in [3.8, 4) is 0 Å². The lowest BCUT2D eigenvalue weighted by Gasteiger charge is -2.39. The fourth-order valence-corrected chi connectivity index (χ4v) is 3.81. The summed E-state index contributed by atoms with van der Waals surface area (Å²) in [6.07, 6.45) is 2.15. The highest BCUT2D eigenvalue weighted by molar-refractivity contribution is 5.89. The van der Waals surface area contributed by atoms with Crippen LogP contribution in [-0.4, -0.2) is 65.0 Å². The van der Waals surface area contributed by atoms with Crippen LogP contribution in [0.1, 0.15) is 45.2 Å². The Balaban J connectivity index is 0.000000697. The molecule has 198 valence electrons. The molecule has 2 aromatic rings. The topological polar surface area (TPSA) is 107 Å². The van der Waals surface area contributed by atoms with Gasteiger partial charge in [-0.3, -0.25) is 0 Å². The van der Waals surface area contributed by atoms with E-state index in [-0.39, 0.29) is 5.92 Å². The van der Waals surface area contributed by atoms with Crippen LogP contribution in [-0.2, 0) is 19.9 Å². The number of hydrogen-bond acceptors (Lipinski definition) is 5. The number of ether oxygens (including phenoxy) is 1. The molecular weight excluding hydrogens is 458 g/mol. The first-order chi connectivity index (χ1) is 17.1. The number of hydrogen-bond donors (Lipinski definition) is 3. The molecule has 1 unspecified atom stereocenters. The van der Waals surface area contributed by atoms with E-state index in [2.05, 4.69) is 32.6 Å². The molecule has 0 saturated heterocycles. The van der Waals surface area contributed by atoms with Crippen LogP contribution in [0.3, 0.4) is 0 Å². The number of aliphatic carboxylic acids is 2. The van der Waals surface area contributed by atoms with Gasteiger partial charge in [-0.05, 0) is 36.6 Å². The van der Waals surface area contributed by atoms with Crippen LogP contribution in [0.5, 0.6) is 0 Å². The molecule has 7 nitrogen and oxygen atoms in total. The predicted octanol–water partition coefficient (Wildman–Crippen LogP) is 4.66. The first-order valence-electron chi connectivity index (χ1n) is 12.4. The Bertz CT molecular complexity index is 854. The highest BCUT2D eigenvalue weighted by Gasteiger charge is 2.40. The van der Waals surface area contributed by atoms with E-state index in [1.54, 1.807) is 0 Å². The first kappa shape index (κ1) is 31.0. The number of carboxylic acid groups (broad SMARTS) is 2. The molecule has 7 heteroatoms. The normalized spacial score (nSPS) is 12.4. The van der Waals surface area contributed by atoms with Crippen molar-refractivity contribution in [1.29, 1.82) is 0 Å². The molecule has 0 aliphatic heterocycles. The Morgan fingerprint density at radius 1 is 0.889 bits per heavy atom. The lowest BCUT2D eigenvalue weighted by atomic mass is 9.76. The highest BCUT2D eigenvalue weighted by Crippen LogP contribution is 2.37. The minimum Gasteiger partial charge on any atom is -0.478 e. The number of carboxylic acids is 2. The van der Waals surface area contributed by atoms with Crippen LogP contribution in [0.15, 0.2) is 72.8 Å². The summed E-state index contributed by atoms with van der Waals surface area (Å²) in [6.45, 7) is 12.7. The molecule has 0 fully saturated rings. The van der Waals surface area contributed by atoms with Gasteiger partial charge in [-0.2, -0.15) is 0 Å². The van der Waals surface area contributed by atoms with Crippen molar-refractivity contribution in [3.05, 3.63) is 83.9 Å². The van der Waals surface area contributed by atoms with E-state index < -0.39 is 17.5 Å². The molecule has 3 N–H and O–H groups in total. The van der Waals surface area contributed by atoms with E-state index in [1.165, 1.54) is 0 Å². The van der Waals surface area contributed by atoms with Crippen molar-refractivity contribution in [1.82, 2.24) is 4.90 Å². The Labute approximate surface area is 215 Å². The summed E-state index contributed by atoms with van der Waals surface area (Å²) in [5.74, 6) is -1.97. The van der Waals surface area contributed by atoms with Gasteiger partial charge in [0.25, 0.3) is 0 Å². The van der Waals surface area contributed by atoms with Crippen molar-refractivity contribution in [2.45, 2.75) is 39.7 Å². The molecule has 2 aromatic carbocycles. The molecule has 0 aliphatic rings. The number of aliphatic hydroxyl groups is 1. The third-order valence-electron chi connectivity index (χ3n) is 5.92. The van der Waals surface area contributed by atoms with E-state index in [4.69, 9.17) is 14.9 Å². The van der Waals surface area contributed by atoms with Gasteiger partial charge in [0.2, 0.25) is 0 Å². The van der Waals surface area contributed by atoms with Crippen LogP contribution in [0, 0.1) is 11.8 Å². The van der Waals surface area contributed by atoms with E-state index >= 15 is 0 Å². The predicted molar refractivity (Wildman–Crippen MR) is 142 cm³/mol. The maximum absolute atomic E-state index is 12.2. The third kappa shape index (κ3) is 10.7. The van der Waals surface area contributed by atoms with Gasteiger partial charge >= 0.3 is 11.9 Å². The number of carbonyl (C=O) groups is 2. The van der Waals surface area contributed by atoms with Crippen molar-refractivity contribution in [3.63, 3.8) is 0 Å². The largest absolute Gasteiger partial charge is 0.478 e. The molecule has 0 saturated carbocycles. The molecule has 0 aromatic heterocycles. The van der Waals surface area contributed by atoms with Crippen molar-refractivity contribution in [2.24, 2.45) is 11.8 Å². The van der Waals surface area contributed by atoms with E-state index in [9.17, 15) is 14.7 Å². The van der Waals surface area contributed by atoms with Gasteiger partial charge in [-0.1, -0.05) is 88.4 Å². The maximum Gasteiger partial charge on any atom is 0.328 e. The third-order valence-corrected chi connectivity index (χ3v) is 5.92. The minimum atomic E-state index is -1.26. The maximum atomic E-state index is 12.2. The van der Waals surface area contributed by atoms with E-state index in [0.29, 0.717) is 24.7 Å². The van der Waals surface area contributed by atoms with Gasteiger partial charge < -0.3 is 25.0 Å².